The molecule has 1 aliphatic carbocycles. The van der Waals surface area contributed by atoms with E-state index in [9.17, 15) is 9.90 Å². The number of rotatable bonds is 3. The van der Waals surface area contributed by atoms with E-state index in [0.29, 0.717) is 17.6 Å². The molecular weight excluding hydrogens is 244 g/mol. The van der Waals surface area contributed by atoms with Crippen LogP contribution in [-0.2, 0) is 0 Å². The molecule has 0 aliphatic heterocycles. The molecule has 19 heavy (non-hydrogen) atoms. The number of aliphatic hydroxyl groups is 1. The summed E-state index contributed by atoms with van der Waals surface area (Å²) in [5.74, 6) is 0.00557. The first-order valence-electron chi connectivity index (χ1n) is 6.49. The first kappa shape index (κ1) is 12.1. The van der Waals surface area contributed by atoms with Crippen molar-refractivity contribution in [2.45, 2.75) is 25.4 Å². The van der Waals surface area contributed by atoms with Gasteiger partial charge in [-0.15, -0.1) is 0 Å². The summed E-state index contributed by atoms with van der Waals surface area (Å²) in [4.78, 5) is 16.1. The minimum Gasteiger partial charge on any atom is -0.393 e. The Kier molecular flexibility index (Phi) is 3.16. The third kappa shape index (κ3) is 2.31. The molecule has 0 radical (unpaired) electrons. The second-order valence-electron chi connectivity index (χ2n) is 4.93. The Morgan fingerprint density at radius 2 is 2.37 bits per heavy atom. The van der Waals surface area contributed by atoms with E-state index in [1.807, 2.05) is 0 Å². The first-order chi connectivity index (χ1) is 9.25. The lowest BCUT2D eigenvalue weighted by atomic mass is 10.1. The zero-order valence-electron chi connectivity index (χ0n) is 10.5. The monoisotopic (exact) mass is 260 g/mol. The highest BCUT2D eigenvalue weighted by Gasteiger charge is 2.25. The van der Waals surface area contributed by atoms with E-state index >= 15 is 0 Å². The average molecular weight is 260 g/mol. The summed E-state index contributed by atoms with van der Waals surface area (Å²) in [5.41, 5.74) is 1.20. The van der Waals surface area contributed by atoms with Crippen molar-refractivity contribution in [2.75, 3.05) is 6.54 Å². The molecule has 1 amide bonds. The maximum atomic E-state index is 12.1. The molecule has 2 atom stereocenters. The van der Waals surface area contributed by atoms with E-state index in [2.05, 4.69) is 15.4 Å². The highest BCUT2D eigenvalue weighted by molar-refractivity contribution is 6.00. The van der Waals surface area contributed by atoms with Gasteiger partial charge in [-0.05, 0) is 12.8 Å². The maximum absolute atomic E-state index is 12.1. The molecule has 2 aromatic rings. The Labute approximate surface area is 110 Å². The Morgan fingerprint density at radius 3 is 3.16 bits per heavy atom. The van der Waals surface area contributed by atoms with Crippen LogP contribution in [0.1, 0.15) is 29.6 Å². The Morgan fingerprint density at radius 1 is 1.47 bits per heavy atom. The Hall–Kier alpha value is -1.95. The normalized spacial score (nSPS) is 22.8. The number of fused-ring (bicyclic) bond motifs is 1. The largest absolute Gasteiger partial charge is 0.393 e. The third-order valence-electron chi connectivity index (χ3n) is 3.71. The zero-order chi connectivity index (χ0) is 13.2. The molecular formula is C13H16N4O2. The first-order valence-corrected chi connectivity index (χ1v) is 6.49. The number of carbonyl (C=O) groups excluding carboxylic acids is 1. The number of amides is 1. The fourth-order valence-corrected chi connectivity index (χ4v) is 2.58. The van der Waals surface area contributed by atoms with Gasteiger partial charge in [0.2, 0.25) is 0 Å². The molecule has 0 spiro atoms. The molecule has 3 rings (SSSR count). The van der Waals surface area contributed by atoms with Crippen LogP contribution in [0.15, 0.2) is 24.8 Å². The van der Waals surface area contributed by atoms with Crippen LogP contribution >= 0.6 is 0 Å². The van der Waals surface area contributed by atoms with Crippen molar-refractivity contribution in [1.29, 1.82) is 0 Å². The van der Waals surface area contributed by atoms with Crippen molar-refractivity contribution in [3.05, 3.63) is 30.4 Å². The van der Waals surface area contributed by atoms with Crippen LogP contribution in [0.2, 0.25) is 0 Å². The molecule has 1 saturated carbocycles. The second-order valence-corrected chi connectivity index (χ2v) is 4.93. The van der Waals surface area contributed by atoms with E-state index < -0.39 is 0 Å². The number of nitrogens with zero attached hydrogens (tertiary/aromatic N) is 3. The van der Waals surface area contributed by atoms with Gasteiger partial charge in [-0.25, -0.2) is 4.52 Å². The standard InChI is InChI=1S/C13H16N4O2/c18-12-3-1-2-9(12)6-15-13(19)10-7-16-17-5-4-14-8-11(10)17/h4-5,7-9,12,18H,1-3,6H2,(H,15,19). The third-order valence-corrected chi connectivity index (χ3v) is 3.71. The van der Waals surface area contributed by atoms with E-state index in [4.69, 9.17) is 0 Å². The molecule has 1 fully saturated rings. The van der Waals surface area contributed by atoms with Crippen molar-refractivity contribution < 1.29 is 9.90 Å². The number of hydrogen-bond donors (Lipinski definition) is 2. The van der Waals surface area contributed by atoms with E-state index in [0.717, 1.165) is 19.3 Å². The van der Waals surface area contributed by atoms with Gasteiger partial charge in [0.25, 0.3) is 5.91 Å². The molecule has 0 bridgehead atoms. The predicted molar refractivity (Wildman–Crippen MR) is 68.7 cm³/mol. The van der Waals surface area contributed by atoms with Crippen molar-refractivity contribution in [3.8, 4) is 0 Å². The summed E-state index contributed by atoms with van der Waals surface area (Å²) in [5, 5.41) is 16.7. The molecule has 2 unspecified atom stereocenters. The molecule has 2 N–H and O–H groups in total. The van der Waals surface area contributed by atoms with Gasteiger partial charge in [-0.1, -0.05) is 6.42 Å². The summed E-state index contributed by atoms with van der Waals surface area (Å²) in [6, 6.07) is 0. The van der Waals surface area contributed by atoms with Crippen LogP contribution in [-0.4, -0.2) is 38.3 Å². The van der Waals surface area contributed by atoms with Crippen LogP contribution in [0.3, 0.4) is 0 Å². The average Bonchev–Trinajstić information content (AvgIpc) is 3.02. The number of carbonyl (C=O) groups is 1. The van der Waals surface area contributed by atoms with Crippen molar-refractivity contribution in [3.63, 3.8) is 0 Å². The van der Waals surface area contributed by atoms with Crippen LogP contribution in [0.4, 0.5) is 0 Å². The van der Waals surface area contributed by atoms with Crippen molar-refractivity contribution in [2.24, 2.45) is 5.92 Å². The van der Waals surface area contributed by atoms with Crippen LogP contribution < -0.4 is 5.32 Å². The van der Waals surface area contributed by atoms with Gasteiger partial charge in [0.05, 0.1) is 29.6 Å². The SMILES string of the molecule is O=C(NCC1CCCC1O)c1cnn2ccncc12. The summed E-state index contributed by atoms with van der Waals surface area (Å²) < 4.78 is 1.62. The lowest BCUT2D eigenvalue weighted by Crippen LogP contribution is -2.32. The van der Waals surface area contributed by atoms with Gasteiger partial charge in [0, 0.05) is 24.9 Å². The van der Waals surface area contributed by atoms with Gasteiger partial charge < -0.3 is 10.4 Å². The summed E-state index contributed by atoms with van der Waals surface area (Å²) in [6.45, 7) is 0.512. The van der Waals surface area contributed by atoms with Gasteiger partial charge >= 0.3 is 0 Å². The van der Waals surface area contributed by atoms with Crippen molar-refractivity contribution >= 4 is 11.4 Å². The number of nitrogens with one attached hydrogen (secondary N) is 1. The molecule has 0 saturated heterocycles. The predicted octanol–water partition coefficient (Wildman–Crippen LogP) is 0.620. The number of hydrogen-bond acceptors (Lipinski definition) is 4. The zero-order valence-corrected chi connectivity index (χ0v) is 10.5. The molecule has 6 heteroatoms. The summed E-state index contributed by atoms with van der Waals surface area (Å²) in [7, 11) is 0. The summed E-state index contributed by atoms with van der Waals surface area (Å²) in [6.07, 6.45) is 9.03. The lowest BCUT2D eigenvalue weighted by Gasteiger charge is -2.14. The minimum atomic E-state index is -0.286. The Balaban J connectivity index is 1.70. The molecule has 0 aromatic carbocycles. The van der Waals surface area contributed by atoms with Gasteiger partial charge in [0.1, 0.15) is 0 Å². The second kappa shape index (κ2) is 4.97. The number of aromatic nitrogens is 3. The highest BCUT2D eigenvalue weighted by atomic mass is 16.3. The van der Waals surface area contributed by atoms with Crippen molar-refractivity contribution in [1.82, 2.24) is 19.9 Å². The van der Waals surface area contributed by atoms with E-state index in [1.165, 1.54) is 6.20 Å². The van der Waals surface area contributed by atoms with Crippen LogP contribution in [0.5, 0.6) is 0 Å². The molecule has 2 heterocycles. The van der Waals surface area contributed by atoms with E-state index in [1.54, 1.807) is 23.1 Å². The smallest absolute Gasteiger partial charge is 0.255 e. The fourth-order valence-electron chi connectivity index (χ4n) is 2.58. The molecule has 2 aromatic heterocycles. The molecule has 6 nitrogen and oxygen atoms in total. The van der Waals surface area contributed by atoms with E-state index in [-0.39, 0.29) is 17.9 Å². The topological polar surface area (TPSA) is 79.5 Å². The Bertz CT molecular complexity index is 595. The quantitative estimate of drug-likeness (QED) is 0.848. The van der Waals surface area contributed by atoms with Crippen LogP contribution in [0.25, 0.3) is 5.52 Å². The van der Waals surface area contributed by atoms with Gasteiger partial charge in [-0.3, -0.25) is 9.78 Å². The summed E-state index contributed by atoms with van der Waals surface area (Å²) >= 11 is 0. The minimum absolute atomic E-state index is 0.165. The molecule has 100 valence electrons. The van der Waals surface area contributed by atoms with Gasteiger partial charge in [-0.2, -0.15) is 5.10 Å². The number of aliphatic hydroxyl groups excluding tert-OH is 1. The maximum Gasteiger partial charge on any atom is 0.255 e. The highest BCUT2D eigenvalue weighted by Crippen LogP contribution is 2.24. The lowest BCUT2D eigenvalue weighted by molar-refractivity contribution is 0.0918. The van der Waals surface area contributed by atoms with Gasteiger partial charge in [0.15, 0.2) is 0 Å². The fraction of sp³-hybridized carbons (Fsp3) is 0.462. The molecule has 1 aliphatic rings. The van der Waals surface area contributed by atoms with Crippen LogP contribution in [0, 0.1) is 5.92 Å².